The van der Waals surface area contributed by atoms with Gasteiger partial charge in [0.15, 0.2) is 11.5 Å². The summed E-state index contributed by atoms with van der Waals surface area (Å²) in [5, 5.41) is 6.38. The van der Waals surface area contributed by atoms with E-state index in [1.807, 2.05) is 45.0 Å². The van der Waals surface area contributed by atoms with Crippen LogP contribution in [0.2, 0.25) is 0 Å². The predicted molar refractivity (Wildman–Crippen MR) is 135 cm³/mol. The Hall–Kier alpha value is -4.33. The molecule has 8 nitrogen and oxygen atoms in total. The molecule has 3 rings (SSSR count). The van der Waals surface area contributed by atoms with E-state index < -0.39 is 11.8 Å². The number of rotatable bonds is 10. The molecule has 0 spiro atoms. The van der Waals surface area contributed by atoms with Crippen molar-refractivity contribution in [2.24, 2.45) is 5.10 Å². The monoisotopic (exact) mass is 475 g/mol. The van der Waals surface area contributed by atoms with E-state index in [0.717, 1.165) is 11.1 Å². The summed E-state index contributed by atoms with van der Waals surface area (Å²) in [4.78, 5) is 24.2. The van der Waals surface area contributed by atoms with E-state index in [1.165, 1.54) is 6.21 Å². The van der Waals surface area contributed by atoms with Crippen LogP contribution in [0, 0.1) is 6.92 Å². The van der Waals surface area contributed by atoms with Crippen LogP contribution >= 0.6 is 0 Å². The Balaban J connectivity index is 1.57. The van der Waals surface area contributed by atoms with Crippen molar-refractivity contribution in [3.8, 4) is 17.2 Å². The van der Waals surface area contributed by atoms with E-state index in [9.17, 15) is 9.59 Å². The Labute approximate surface area is 204 Å². The number of aryl methyl sites for hydroxylation is 1. The second kappa shape index (κ2) is 12.8. The highest BCUT2D eigenvalue weighted by Gasteiger charge is 2.13. The van der Waals surface area contributed by atoms with Gasteiger partial charge in [-0.25, -0.2) is 5.43 Å². The maximum Gasteiger partial charge on any atom is 0.329 e. The van der Waals surface area contributed by atoms with Crippen molar-refractivity contribution >= 4 is 23.7 Å². The van der Waals surface area contributed by atoms with Crippen molar-refractivity contribution < 1.29 is 23.8 Å². The van der Waals surface area contributed by atoms with E-state index >= 15 is 0 Å². The normalized spacial score (nSPS) is 10.6. The van der Waals surface area contributed by atoms with Crippen LogP contribution in [0.3, 0.4) is 0 Å². The summed E-state index contributed by atoms with van der Waals surface area (Å²) in [6, 6.07) is 20.1. The van der Waals surface area contributed by atoms with Crippen molar-refractivity contribution in [2.75, 3.05) is 18.5 Å². The lowest BCUT2D eigenvalue weighted by Crippen LogP contribution is -2.32. The van der Waals surface area contributed by atoms with Gasteiger partial charge in [-0.3, -0.25) is 9.59 Å². The van der Waals surface area contributed by atoms with Crippen LogP contribution in [0.5, 0.6) is 17.2 Å². The third-order valence-corrected chi connectivity index (χ3v) is 4.92. The quantitative estimate of drug-likeness (QED) is 0.256. The predicted octanol–water partition coefficient (Wildman–Crippen LogP) is 4.46. The highest BCUT2D eigenvalue weighted by molar-refractivity contribution is 6.39. The number of anilines is 1. The topological polar surface area (TPSA) is 98.2 Å². The Morgan fingerprint density at radius 3 is 2.31 bits per heavy atom. The Kier molecular flexibility index (Phi) is 9.24. The molecule has 0 aliphatic carbocycles. The van der Waals surface area contributed by atoms with Gasteiger partial charge >= 0.3 is 11.8 Å². The fourth-order valence-electron chi connectivity index (χ4n) is 3.13. The summed E-state index contributed by atoms with van der Waals surface area (Å²) >= 11 is 0. The van der Waals surface area contributed by atoms with Crippen LogP contribution in [0.25, 0.3) is 0 Å². The van der Waals surface area contributed by atoms with Crippen molar-refractivity contribution in [1.29, 1.82) is 0 Å². The molecule has 0 aromatic heterocycles. The Morgan fingerprint density at radius 1 is 0.857 bits per heavy atom. The molecule has 8 heteroatoms. The van der Waals surface area contributed by atoms with Gasteiger partial charge < -0.3 is 19.5 Å². The highest BCUT2D eigenvalue weighted by Crippen LogP contribution is 2.29. The maximum absolute atomic E-state index is 12.1. The molecule has 0 aliphatic heterocycles. The van der Waals surface area contributed by atoms with Gasteiger partial charge in [0.1, 0.15) is 12.4 Å². The SMILES string of the molecule is CCOc1ccc(NC(=O)C(=O)NN=Cc2ccc(OCc3ccccc3C)c(OCC)c2)cc1. The van der Waals surface area contributed by atoms with Gasteiger partial charge in [0, 0.05) is 5.69 Å². The molecule has 0 atom stereocenters. The molecule has 0 fully saturated rings. The largest absolute Gasteiger partial charge is 0.494 e. The summed E-state index contributed by atoms with van der Waals surface area (Å²) in [5.74, 6) is 0.118. The van der Waals surface area contributed by atoms with Crippen molar-refractivity contribution in [3.63, 3.8) is 0 Å². The van der Waals surface area contributed by atoms with Crippen LogP contribution in [0.15, 0.2) is 71.8 Å². The number of carbonyl (C=O) groups is 2. The van der Waals surface area contributed by atoms with Crippen molar-refractivity contribution in [2.45, 2.75) is 27.4 Å². The second-order valence-corrected chi connectivity index (χ2v) is 7.46. The van der Waals surface area contributed by atoms with Gasteiger partial charge in [0.2, 0.25) is 0 Å². The van der Waals surface area contributed by atoms with Gasteiger partial charge in [-0.1, -0.05) is 24.3 Å². The summed E-state index contributed by atoms with van der Waals surface area (Å²) < 4.78 is 17.0. The molecule has 0 heterocycles. The minimum atomic E-state index is -0.890. The Bertz CT molecular complexity index is 1180. The lowest BCUT2D eigenvalue weighted by Gasteiger charge is -2.13. The first-order chi connectivity index (χ1) is 17.0. The van der Waals surface area contributed by atoms with Gasteiger partial charge in [-0.05, 0) is 79.9 Å². The number of hydrogen-bond donors (Lipinski definition) is 2. The lowest BCUT2D eigenvalue weighted by molar-refractivity contribution is -0.136. The first-order valence-corrected chi connectivity index (χ1v) is 11.3. The molecule has 3 aromatic carbocycles. The average molecular weight is 476 g/mol. The Morgan fingerprint density at radius 2 is 1.60 bits per heavy atom. The van der Waals surface area contributed by atoms with Crippen LogP contribution in [0.4, 0.5) is 5.69 Å². The second-order valence-electron chi connectivity index (χ2n) is 7.46. The van der Waals surface area contributed by atoms with Crippen LogP contribution < -0.4 is 25.0 Å². The van der Waals surface area contributed by atoms with Gasteiger partial charge in [-0.15, -0.1) is 0 Å². The van der Waals surface area contributed by atoms with Crippen molar-refractivity contribution in [3.05, 3.63) is 83.4 Å². The first-order valence-electron chi connectivity index (χ1n) is 11.3. The van der Waals surface area contributed by atoms with Crippen LogP contribution in [-0.4, -0.2) is 31.2 Å². The van der Waals surface area contributed by atoms with E-state index in [1.54, 1.807) is 42.5 Å². The van der Waals surface area contributed by atoms with E-state index in [4.69, 9.17) is 14.2 Å². The van der Waals surface area contributed by atoms with E-state index in [0.29, 0.717) is 48.3 Å². The molecule has 0 aliphatic rings. The summed E-state index contributed by atoms with van der Waals surface area (Å²) in [7, 11) is 0. The molecule has 0 radical (unpaired) electrons. The zero-order valence-electron chi connectivity index (χ0n) is 20.0. The number of benzene rings is 3. The minimum absolute atomic E-state index is 0.416. The molecule has 182 valence electrons. The fraction of sp³-hybridized carbons (Fsp3) is 0.222. The number of amides is 2. The third kappa shape index (κ3) is 7.60. The molecule has 0 bridgehead atoms. The maximum atomic E-state index is 12.1. The van der Waals surface area contributed by atoms with E-state index in [-0.39, 0.29) is 0 Å². The first kappa shape index (κ1) is 25.3. The molecule has 0 unspecified atom stereocenters. The van der Waals surface area contributed by atoms with Gasteiger partial charge in [-0.2, -0.15) is 5.10 Å². The molecular weight excluding hydrogens is 446 g/mol. The molecule has 2 amide bonds. The molecule has 0 saturated heterocycles. The number of carbonyl (C=O) groups excluding carboxylic acids is 2. The number of hydrogen-bond acceptors (Lipinski definition) is 6. The number of nitrogens with zero attached hydrogens (tertiary/aromatic N) is 1. The van der Waals surface area contributed by atoms with Gasteiger partial charge in [0.05, 0.1) is 19.4 Å². The molecule has 3 aromatic rings. The summed E-state index contributed by atoms with van der Waals surface area (Å²) in [5.41, 5.74) is 5.61. The summed E-state index contributed by atoms with van der Waals surface area (Å²) in [6.45, 7) is 7.22. The molecule has 2 N–H and O–H groups in total. The highest BCUT2D eigenvalue weighted by atomic mass is 16.5. The standard InChI is InChI=1S/C27H29N3O5/c1-4-33-23-13-11-22(12-14-23)29-26(31)27(32)30-28-17-20-10-15-24(25(16-20)34-5-2)35-18-21-9-7-6-8-19(21)3/h6-17H,4-5,18H2,1-3H3,(H,29,31)(H,30,32). The zero-order valence-corrected chi connectivity index (χ0v) is 20.0. The summed E-state index contributed by atoms with van der Waals surface area (Å²) in [6.07, 6.45) is 1.43. The smallest absolute Gasteiger partial charge is 0.329 e. The number of hydrazone groups is 1. The van der Waals surface area contributed by atoms with Crippen LogP contribution in [0.1, 0.15) is 30.5 Å². The van der Waals surface area contributed by atoms with Gasteiger partial charge in [0.25, 0.3) is 0 Å². The molecule has 0 saturated carbocycles. The minimum Gasteiger partial charge on any atom is -0.494 e. The van der Waals surface area contributed by atoms with Crippen molar-refractivity contribution in [1.82, 2.24) is 5.43 Å². The zero-order chi connectivity index (χ0) is 25.0. The van der Waals surface area contributed by atoms with E-state index in [2.05, 4.69) is 15.8 Å². The number of nitrogens with one attached hydrogen (secondary N) is 2. The fourth-order valence-corrected chi connectivity index (χ4v) is 3.13. The number of ether oxygens (including phenoxy) is 3. The molecular formula is C27H29N3O5. The molecule has 35 heavy (non-hydrogen) atoms. The average Bonchev–Trinajstić information content (AvgIpc) is 2.86. The van der Waals surface area contributed by atoms with Crippen LogP contribution in [-0.2, 0) is 16.2 Å². The third-order valence-electron chi connectivity index (χ3n) is 4.92. The lowest BCUT2D eigenvalue weighted by atomic mass is 10.1.